The third kappa shape index (κ3) is 3.33. The Morgan fingerprint density at radius 3 is 2.74 bits per heavy atom. The number of nitrogens with two attached hydrogens (primary N) is 1. The second kappa shape index (κ2) is 6.35. The Morgan fingerprint density at radius 1 is 1.32 bits per heavy atom. The van der Waals surface area contributed by atoms with Gasteiger partial charge in [-0.05, 0) is 37.5 Å². The lowest BCUT2D eigenvalue weighted by molar-refractivity contribution is 0.0724. The van der Waals surface area contributed by atoms with E-state index in [9.17, 15) is 9.18 Å². The second-order valence-electron chi connectivity index (χ2n) is 4.55. The summed E-state index contributed by atoms with van der Waals surface area (Å²) in [6.45, 7) is 1.72. The van der Waals surface area contributed by atoms with Gasteiger partial charge in [-0.15, -0.1) is 0 Å². The van der Waals surface area contributed by atoms with E-state index in [2.05, 4.69) is 11.8 Å². The third-order valence-corrected chi connectivity index (χ3v) is 3.18. The molecule has 0 aliphatic carbocycles. The lowest BCUT2D eigenvalue weighted by atomic mass is 10.0. The topological polar surface area (TPSA) is 46.3 Å². The van der Waals surface area contributed by atoms with Gasteiger partial charge in [0.05, 0.1) is 12.1 Å². The van der Waals surface area contributed by atoms with Gasteiger partial charge in [-0.25, -0.2) is 4.39 Å². The zero-order valence-electron chi connectivity index (χ0n) is 10.8. The highest BCUT2D eigenvalue weighted by molar-refractivity contribution is 5.96. The first-order valence-corrected chi connectivity index (χ1v) is 6.50. The van der Waals surface area contributed by atoms with Crippen LogP contribution in [-0.2, 0) is 0 Å². The van der Waals surface area contributed by atoms with E-state index < -0.39 is 5.82 Å². The minimum Gasteiger partial charge on any atom is -0.339 e. The molecule has 0 spiro atoms. The fourth-order valence-corrected chi connectivity index (χ4v) is 2.22. The van der Waals surface area contributed by atoms with Crippen molar-refractivity contribution in [3.05, 3.63) is 35.1 Å². The summed E-state index contributed by atoms with van der Waals surface area (Å²) in [6, 6.07) is 4.09. The van der Waals surface area contributed by atoms with Crippen LogP contribution in [0.15, 0.2) is 18.2 Å². The van der Waals surface area contributed by atoms with Crippen LogP contribution in [0.3, 0.4) is 0 Å². The maximum atomic E-state index is 13.3. The number of amides is 1. The highest BCUT2D eigenvalue weighted by Crippen LogP contribution is 2.17. The monoisotopic (exact) mass is 260 g/mol. The number of nitrogens with zero attached hydrogens (tertiary/aromatic N) is 1. The van der Waals surface area contributed by atoms with Gasteiger partial charge in [-0.1, -0.05) is 11.8 Å². The predicted octanol–water partition coefficient (Wildman–Crippen LogP) is 1.76. The van der Waals surface area contributed by atoms with E-state index in [1.54, 1.807) is 0 Å². The summed E-state index contributed by atoms with van der Waals surface area (Å²) in [7, 11) is 0. The average molecular weight is 260 g/mol. The molecule has 0 bridgehead atoms. The van der Waals surface area contributed by atoms with Gasteiger partial charge in [0.1, 0.15) is 5.82 Å². The largest absolute Gasteiger partial charge is 0.339 e. The lowest BCUT2D eigenvalue weighted by Gasteiger charge is -2.27. The summed E-state index contributed by atoms with van der Waals surface area (Å²) in [6.07, 6.45) is 3.21. The van der Waals surface area contributed by atoms with Crippen LogP contribution in [-0.4, -0.2) is 30.4 Å². The maximum absolute atomic E-state index is 13.3. The van der Waals surface area contributed by atoms with Crippen LogP contribution in [0.5, 0.6) is 0 Å². The minimum absolute atomic E-state index is 0.0685. The number of rotatable bonds is 1. The fraction of sp³-hybridized carbons (Fsp3) is 0.400. The van der Waals surface area contributed by atoms with E-state index in [1.165, 1.54) is 18.2 Å². The Balaban J connectivity index is 2.29. The maximum Gasteiger partial charge on any atom is 0.255 e. The van der Waals surface area contributed by atoms with Gasteiger partial charge in [0.2, 0.25) is 0 Å². The molecule has 0 radical (unpaired) electrons. The van der Waals surface area contributed by atoms with Crippen LogP contribution in [0.4, 0.5) is 4.39 Å². The molecule has 0 saturated carbocycles. The van der Waals surface area contributed by atoms with Gasteiger partial charge in [0, 0.05) is 18.7 Å². The Kier molecular flexibility index (Phi) is 4.53. The lowest BCUT2D eigenvalue weighted by Crippen LogP contribution is -2.36. The van der Waals surface area contributed by atoms with Crippen molar-refractivity contribution in [3.63, 3.8) is 0 Å². The van der Waals surface area contributed by atoms with Crippen molar-refractivity contribution < 1.29 is 9.18 Å². The molecule has 2 rings (SSSR count). The van der Waals surface area contributed by atoms with Crippen LogP contribution in [0.2, 0.25) is 0 Å². The van der Waals surface area contributed by atoms with Gasteiger partial charge in [-0.2, -0.15) is 0 Å². The summed E-state index contributed by atoms with van der Waals surface area (Å²) in [5, 5.41) is 0. The first-order valence-electron chi connectivity index (χ1n) is 6.50. The molecule has 0 unspecified atom stereocenters. The number of carbonyl (C=O) groups excluding carboxylic acids is 1. The van der Waals surface area contributed by atoms with Crippen molar-refractivity contribution >= 4 is 5.91 Å². The predicted molar refractivity (Wildman–Crippen MR) is 72.1 cm³/mol. The molecule has 100 valence electrons. The van der Waals surface area contributed by atoms with E-state index >= 15 is 0 Å². The molecule has 1 aliphatic heterocycles. The number of halogens is 1. The molecule has 1 aromatic carbocycles. The summed E-state index contributed by atoms with van der Waals surface area (Å²) in [5.74, 6) is 4.98. The molecule has 0 aromatic heterocycles. The van der Waals surface area contributed by atoms with Crippen LogP contribution >= 0.6 is 0 Å². The zero-order chi connectivity index (χ0) is 13.7. The molecule has 1 amide bonds. The molecule has 4 heteroatoms. The Bertz CT molecular complexity index is 525. The Labute approximate surface area is 112 Å². The number of likely N-dealkylation sites (tertiary alicyclic amines) is 1. The van der Waals surface area contributed by atoms with Crippen molar-refractivity contribution in [1.29, 1.82) is 0 Å². The SMILES string of the molecule is NCC#Cc1cc(F)ccc1C(=O)N1CCCCC1. The Morgan fingerprint density at radius 2 is 2.05 bits per heavy atom. The molecule has 2 N–H and O–H groups in total. The van der Waals surface area contributed by atoms with E-state index in [0.717, 1.165) is 32.4 Å². The van der Waals surface area contributed by atoms with Crippen molar-refractivity contribution in [2.24, 2.45) is 5.73 Å². The smallest absolute Gasteiger partial charge is 0.255 e. The van der Waals surface area contributed by atoms with Crippen molar-refractivity contribution in [2.75, 3.05) is 19.6 Å². The molecule has 19 heavy (non-hydrogen) atoms. The highest BCUT2D eigenvalue weighted by Gasteiger charge is 2.20. The summed E-state index contributed by atoms with van der Waals surface area (Å²) in [5.41, 5.74) is 6.20. The van der Waals surface area contributed by atoms with Crippen molar-refractivity contribution in [2.45, 2.75) is 19.3 Å². The first-order chi connectivity index (χ1) is 9.22. The normalized spacial score (nSPS) is 14.7. The van der Waals surface area contributed by atoms with Gasteiger partial charge in [0.25, 0.3) is 5.91 Å². The molecule has 1 aromatic rings. The molecular formula is C15H17FN2O. The average Bonchev–Trinajstić information content (AvgIpc) is 2.45. The van der Waals surface area contributed by atoms with Gasteiger partial charge in [-0.3, -0.25) is 4.79 Å². The second-order valence-corrected chi connectivity index (χ2v) is 4.55. The number of hydrogen-bond acceptors (Lipinski definition) is 2. The number of piperidine rings is 1. The van der Waals surface area contributed by atoms with E-state index in [0.29, 0.717) is 11.1 Å². The van der Waals surface area contributed by atoms with Crippen LogP contribution < -0.4 is 5.73 Å². The fourth-order valence-electron chi connectivity index (χ4n) is 2.22. The molecule has 1 saturated heterocycles. The number of hydrogen-bond donors (Lipinski definition) is 1. The van der Waals surface area contributed by atoms with Crippen LogP contribution in [0.1, 0.15) is 35.2 Å². The molecular weight excluding hydrogens is 243 g/mol. The molecule has 3 nitrogen and oxygen atoms in total. The van der Waals surface area contributed by atoms with E-state index in [4.69, 9.17) is 5.73 Å². The number of carbonyl (C=O) groups is 1. The summed E-state index contributed by atoms with van der Waals surface area (Å²) < 4.78 is 13.3. The minimum atomic E-state index is -0.392. The van der Waals surface area contributed by atoms with Crippen molar-refractivity contribution in [3.8, 4) is 11.8 Å². The summed E-state index contributed by atoms with van der Waals surface area (Å²) >= 11 is 0. The molecule has 0 atom stereocenters. The molecule has 1 heterocycles. The van der Waals surface area contributed by atoms with Crippen LogP contribution in [0.25, 0.3) is 0 Å². The summed E-state index contributed by atoms with van der Waals surface area (Å²) in [4.78, 5) is 14.2. The third-order valence-electron chi connectivity index (χ3n) is 3.18. The van der Waals surface area contributed by atoms with E-state index in [-0.39, 0.29) is 12.5 Å². The van der Waals surface area contributed by atoms with Gasteiger partial charge in [0.15, 0.2) is 0 Å². The highest BCUT2D eigenvalue weighted by atomic mass is 19.1. The Hall–Kier alpha value is -1.86. The first kappa shape index (κ1) is 13.6. The van der Waals surface area contributed by atoms with Crippen LogP contribution in [0, 0.1) is 17.7 Å². The van der Waals surface area contributed by atoms with Gasteiger partial charge >= 0.3 is 0 Å². The van der Waals surface area contributed by atoms with Gasteiger partial charge < -0.3 is 10.6 Å². The number of benzene rings is 1. The molecule has 1 aliphatic rings. The zero-order valence-corrected chi connectivity index (χ0v) is 10.8. The quantitative estimate of drug-likeness (QED) is 0.782. The van der Waals surface area contributed by atoms with E-state index in [1.807, 2.05) is 4.90 Å². The standard InChI is InChI=1S/C15H17FN2O/c16-13-6-7-14(12(11-13)5-4-8-17)15(19)18-9-2-1-3-10-18/h6-7,11H,1-3,8-10,17H2. The van der Waals surface area contributed by atoms with Crippen molar-refractivity contribution in [1.82, 2.24) is 4.90 Å². The molecule has 1 fully saturated rings.